The lowest BCUT2D eigenvalue weighted by atomic mass is 10.2. The van der Waals surface area contributed by atoms with Crippen molar-refractivity contribution in [2.45, 2.75) is 13.0 Å². The third kappa shape index (κ3) is 3.27. The van der Waals surface area contributed by atoms with Crippen LogP contribution in [-0.4, -0.2) is 15.9 Å². The summed E-state index contributed by atoms with van der Waals surface area (Å²) in [5.41, 5.74) is 0.433. The Morgan fingerprint density at radius 3 is 2.71 bits per heavy atom. The molecule has 0 bridgehead atoms. The van der Waals surface area contributed by atoms with Gasteiger partial charge in [-0.25, -0.2) is 9.78 Å². The zero-order valence-electron chi connectivity index (χ0n) is 12.5. The summed E-state index contributed by atoms with van der Waals surface area (Å²) in [7, 11) is 0. The SMILES string of the molecule is C[C@@H](OC(=O)c1ccc(Cl)cc1Cl)c1nc2ccccc2c(=O)[nH]1. The fourth-order valence-electron chi connectivity index (χ4n) is 2.23. The van der Waals surface area contributed by atoms with Gasteiger partial charge in [0, 0.05) is 5.02 Å². The number of esters is 1. The van der Waals surface area contributed by atoms with Crippen molar-refractivity contribution in [3.8, 4) is 0 Å². The van der Waals surface area contributed by atoms with Gasteiger partial charge in [-0.15, -0.1) is 0 Å². The van der Waals surface area contributed by atoms with Crippen LogP contribution in [0.2, 0.25) is 10.0 Å². The Morgan fingerprint density at radius 2 is 1.96 bits per heavy atom. The van der Waals surface area contributed by atoms with Gasteiger partial charge in [0.15, 0.2) is 11.9 Å². The van der Waals surface area contributed by atoms with Crippen molar-refractivity contribution in [1.29, 1.82) is 0 Å². The van der Waals surface area contributed by atoms with E-state index in [-0.39, 0.29) is 22.0 Å². The molecule has 1 atom stereocenters. The van der Waals surface area contributed by atoms with E-state index in [2.05, 4.69) is 9.97 Å². The van der Waals surface area contributed by atoms with E-state index in [4.69, 9.17) is 27.9 Å². The monoisotopic (exact) mass is 362 g/mol. The van der Waals surface area contributed by atoms with Crippen LogP contribution in [0.4, 0.5) is 0 Å². The van der Waals surface area contributed by atoms with E-state index in [1.165, 1.54) is 12.1 Å². The van der Waals surface area contributed by atoms with Gasteiger partial charge in [0.2, 0.25) is 0 Å². The fraction of sp³-hybridized carbons (Fsp3) is 0.118. The third-order valence-electron chi connectivity index (χ3n) is 3.45. The largest absolute Gasteiger partial charge is 0.451 e. The predicted molar refractivity (Wildman–Crippen MR) is 92.7 cm³/mol. The van der Waals surface area contributed by atoms with Gasteiger partial charge in [0.1, 0.15) is 0 Å². The Morgan fingerprint density at radius 1 is 1.21 bits per heavy atom. The van der Waals surface area contributed by atoms with Crippen LogP contribution < -0.4 is 5.56 Å². The van der Waals surface area contributed by atoms with E-state index in [0.29, 0.717) is 15.9 Å². The average molecular weight is 363 g/mol. The van der Waals surface area contributed by atoms with E-state index in [1.54, 1.807) is 37.3 Å². The standard InChI is InChI=1S/C17H12Cl2N2O3/c1-9(24-17(23)11-7-6-10(18)8-13(11)19)15-20-14-5-3-2-4-12(14)16(22)21-15/h2-9H,1H3,(H,20,21,22)/t9-/m1/s1. The molecule has 3 rings (SSSR count). The molecule has 0 aliphatic carbocycles. The number of aromatic amines is 1. The number of hydrogen-bond donors (Lipinski definition) is 1. The van der Waals surface area contributed by atoms with Gasteiger partial charge in [-0.3, -0.25) is 4.79 Å². The molecule has 2 aromatic carbocycles. The number of rotatable bonds is 3. The van der Waals surface area contributed by atoms with E-state index >= 15 is 0 Å². The van der Waals surface area contributed by atoms with Crippen molar-refractivity contribution in [2.24, 2.45) is 0 Å². The van der Waals surface area contributed by atoms with Crippen molar-refractivity contribution in [3.63, 3.8) is 0 Å². The van der Waals surface area contributed by atoms with Crippen LogP contribution in [0, 0.1) is 0 Å². The number of carbonyl (C=O) groups excluding carboxylic acids is 1. The topological polar surface area (TPSA) is 72.0 Å². The van der Waals surface area contributed by atoms with Crippen molar-refractivity contribution >= 4 is 40.1 Å². The molecule has 0 aliphatic rings. The van der Waals surface area contributed by atoms with Crippen molar-refractivity contribution < 1.29 is 9.53 Å². The van der Waals surface area contributed by atoms with E-state index < -0.39 is 12.1 Å². The smallest absolute Gasteiger partial charge is 0.340 e. The molecule has 3 aromatic rings. The first-order valence-corrected chi connectivity index (χ1v) is 7.86. The van der Waals surface area contributed by atoms with Gasteiger partial charge in [-0.2, -0.15) is 0 Å². The Balaban J connectivity index is 1.88. The summed E-state index contributed by atoms with van der Waals surface area (Å²) in [4.78, 5) is 31.3. The molecule has 0 spiro atoms. The van der Waals surface area contributed by atoms with Crippen LogP contribution in [0.3, 0.4) is 0 Å². The number of carbonyl (C=O) groups is 1. The Kier molecular flexibility index (Phi) is 4.55. The lowest BCUT2D eigenvalue weighted by Crippen LogP contribution is -2.17. The summed E-state index contributed by atoms with van der Waals surface area (Å²) in [6.45, 7) is 1.62. The second-order valence-corrected chi connectivity index (χ2v) is 5.98. The van der Waals surface area contributed by atoms with Gasteiger partial charge in [0.05, 0.1) is 21.5 Å². The molecule has 0 radical (unpaired) electrons. The van der Waals surface area contributed by atoms with Crippen molar-refractivity contribution in [2.75, 3.05) is 0 Å². The van der Waals surface area contributed by atoms with Gasteiger partial charge in [0.25, 0.3) is 5.56 Å². The van der Waals surface area contributed by atoms with Gasteiger partial charge < -0.3 is 9.72 Å². The second kappa shape index (κ2) is 6.63. The summed E-state index contributed by atoms with van der Waals surface area (Å²) in [5.74, 6) is -0.364. The molecule has 5 nitrogen and oxygen atoms in total. The molecule has 1 heterocycles. The number of para-hydroxylation sites is 1. The maximum absolute atomic E-state index is 12.2. The molecule has 0 saturated heterocycles. The molecule has 24 heavy (non-hydrogen) atoms. The number of hydrogen-bond acceptors (Lipinski definition) is 4. The first-order valence-electron chi connectivity index (χ1n) is 7.10. The first-order chi connectivity index (χ1) is 11.5. The highest BCUT2D eigenvalue weighted by atomic mass is 35.5. The number of ether oxygens (including phenoxy) is 1. The predicted octanol–water partition coefficient (Wildman–Crippen LogP) is 4.15. The van der Waals surface area contributed by atoms with Crippen LogP contribution in [-0.2, 0) is 4.74 Å². The summed E-state index contributed by atoms with van der Waals surface area (Å²) in [6, 6.07) is 11.4. The Bertz CT molecular complexity index is 985. The average Bonchev–Trinajstić information content (AvgIpc) is 2.54. The number of aromatic nitrogens is 2. The number of halogens is 2. The van der Waals surface area contributed by atoms with Crippen LogP contribution in [0.5, 0.6) is 0 Å². The van der Waals surface area contributed by atoms with Crippen molar-refractivity contribution in [3.05, 3.63) is 74.3 Å². The van der Waals surface area contributed by atoms with Gasteiger partial charge in [-0.05, 0) is 37.3 Å². The zero-order chi connectivity index (χ0) is 17.3. The summed E-state index contributed by atoms with van der Waals surface area (Å²) in [5, 5.41) is 1.09. The van der Waals surface area contributed by atoms with E-state index in [1.807, 2.05) is 0 Å². The quantitative estimate of drug-likeness (QED) is 0.710. The Hall–Kier alpha value is -2.37. The van der Waals surface area contributed by atoms with Crippen LogP contribution in [0.15, 0.2) is 47.3 Å². The number of fused-ring (bicyclic) bond motifs is 1. The van der Waals surface area contributed by atoms with E-state index in [0.717, 1.165) is 0 Å². The lowest BCUT2D eigenvalue weighted by molar-refractivity contribution is 0.0320. The maximum Gasteiger partial charge on any atom is 0.340 e. The molecule has 7 heteroatoms. The Labute approximate surface area is 147 Å². The molecule has 0 fully saturated rings. The number of H-pyrrole nitrogens is 1. The minimum absolute atomic E-state index is 0.191. The number of nitrogens with one attached hydrogen (secondary N) is 1. The second-order valence-electron chi connectivity index (χ2n) is 5.14. The van der Waals surface area contributed by atoms with Crippen LogP contribution in [0.25, 0.3) is 10.9 Å². The van der Waals surface area contributed by atoms with Gasteiger partial charge in [-0.1, -0.05) is 35.3 Å². The lowest BCUT2D eigenvalue weighted by Gasteiger charge is -2.13. The normalized spacial score (nSPS) is 12.1. The van der Waals surface area contributed by atoms with Gasteiger partial charge >= 0.3 is 5.97 Å². The molecular formula is C17H12Cl2N2O3. The molecule has 0 amide bonds. The summed E-state index contributed by atoms with van der Waals surface area (Å²) < 4.78 is 5.35. The fourth-order valence-corrected chi connectivity index (χ4v) is 2.72. The zero-order valence-corrected chi connectivity index (χ0v) is 14.1. The minimum atomic E-state index is -0.749. The summed E-state index contributed by atoms with van der Waals surface area (Å²) in [6.07, 6.45) is -0.749. The highest BCUT2D eigenvalue weighted by Crippen LogP contribution is 2.24. The minimum Gasteiger partial charge on any atom is -0.451 e. The number of benzene rings is 2. The molecule has 122 valence electrons. The number of nitrogens with zero attached hydrogens (tertiary/aromatic N) is 1. The third-order valence-corrected chi connectivity index (χ3v) is 4.00. The van der Waals surface area contributed by atoms with E-state index in [9.17, 15) is 9.59 Å². The van der Waals surface area contributed by atoms with Crippen LogP contribution in [0.1, 0.15) is 29.2 Å². The summed E-state index contributed by atoms with van der Waals surface area (Å²) >= 11 is 11.8. The maximum atomic E-state index is 12.2. The highest BCUT2D eigenvalue weighted by molar-refractivity contribution is 6.36. The molecule has 0 aliphatic heterocycles. The molecule has 0 unspecified atom stereocenters. The molecular weight excluding hydrogens is 351 g/mol. The first kappa shape index (κ1) is 16.5. The van der Waals surface area contributed by atoms with Crippen LogP contribution >= 0.6 is 23.2 Å². The highest BCUT2D eigenvalue weighted by Gasteiger charge is 2.19. The van der Waals surface area contributed by atoms with Crippen molar-refractivity contribution in [1.82, 2.24) is 9.97 Å². The molecule has 1 N–H and O–H groups in total. The molecule has 0 saturated carbocycles. The molecule has 1 aromatic heterocycles.